The zero-order chi connectivity index (χ0) is 17.2. The fraction of sp³-hybridized carbons (Fsp3) is 0.562. The monoisotopic (exact) mass is 328 g/mol. The fourth-order valence-electron chi connectivity index (χ4n) is 1.86. The van der Waals surface area contributed by atoms with E-state index in [-0.39, 0.29) is 31.4 Å². The van der Waals surface area contributed by atoms with Crippen LogP contribution in [0, 0.1) is 5.82 Å². The first kappa shape index (κ1) is 19.3. The highest BCUT2D eigenvalue weighted by molar-refractivity contribution is 5.77. The molecule has 6 nitrogen and oxygen atoms in total. The molecule has 1 aromatic rings. The number of rotatable bonds is 10. The maximum atomic E-state index is 12.8. The van der Waals surface area contributed by atoms with E-state index < -0.39 is 6.10 Å². The van der Waals surface area contributed by atoms with E-state index in [0.29, 0.717) is 18.9 Å². The van der Waals surface area contributed by atoms with Crippen LogP contribution in [0.2, 0.25) is 0 Å². The molecule has 0 aliphatic rings. The molecule has 0 fully saturated rings. The van der Waals surface area contributed by atoms with Gasteiger partial charge in [0.05, 0.1) is 13.2 Å². The second-order valence-corrected chi connectivity index (χ2v) is 5.43. The summed E-state index contributed by atoms with van der Waals surface area (Å²) in [5.74, 6) is 0.0943. The molecule has 130 valence electrons. The molecule has 0 saturated heterocycles. The first-order chi connectivity index (χ1) is 10.9. The van der Waals surface area contributed by atoms with E-state index in [0.717, 1.165) is 0 Å². The van der Waals surface area contributed by atoms with Crippen LogP contribution in [0.25, 0.3) is 0 Å². The molecular formula is C16H25FN2O4. The van der Waals surface area contributed by atoms with Crippen LogP contribution in [0.3, 0.4) is 0 Å². The van der Waals surface area contributed by atoms with Crippen LogP contribution < -0.4 is 4.74 Å². The zero-order valence-corrected chi connectivity index (χ0v) is 13.9. The van der Waals surface area contributed by atoms with Crippen molar-refractivity contribution in [2.75, 3.05) is 54.1 Å². The van der Waals surface area contributed by atoms with E-state index in [1.54, 1.807) is 21.2 Å². The number of benzene rings is 1. The van der Waals surface area contributed by atoms with Crippen molar-refractivity contribution in [3.8, 4) is 5.75 Å². The average Bonchev–Trinajstić information content (AvgIpc) is 2.51. The van der Waals surface area contributed by atoms with Gasteiger partial charge in [0.1, 0.15) is 24.3 Å². The number of aliphatic hydroxyl groups excluding tert-OH is 1. The lowest BCUT2D eigenvalue weighted by Crippen LogP contribution is -2.43. The van der Waals surface area contributed by atoms with Gasteiger partial charge in [0.15, 0.2) is 0 Å². The normalized spacial score (nSPS) is 12.3. The Balaban J connectivity index is 2.46. The molecule has 0 bridgehead atoms. The summed E-state index contributed by atoms with van der Waals surface area (Å²) in [4.78, 5) is 15.1. The Hall–Kier alpha value is -1.70. The molecule has 0 aliphatic carbocycles. The van der Waals surface area contributed by atoms with Crippen molar-refractivity contribution in [1.82, 2.24) is 9.80 Å². The first-order valence-electron chi connectivity index (χ1n) is 7.40. The number of hydrogen-bond acceptors (Lipinski definition) is 5. The second kappa shape index (κ2) is 10.1. The number of aliphatic hydroxyl groups is 1. The Bertz CT molecular complexity index is 468. The van der Waals surface area contributed by atoms with Gasteiger partial charge in [-0.2, -0.15) is 0 Å². The second-order valence-electron chi connectivity index (χ2n) is 5.43. The molecule has 0 spiro atoms. The van der Waals surface area contributed by atoms with Gasteiger partial charge in [-0.05, 0) is 24.3 Å². The molecule has 7 heteroatoms. The highest BCUT2D eigenvalue weighted by Gasteiger charge is 2.16. The number of halogens is 1. The number of hydrogen-bond donors (Lipinski definition) is 1. The van der Waals surface area contributed by atoms with Crippen molar-refractivity contribution >= 4 is 5.91 Å². The van der Waals surface area contributed by atoms with Gasteiger partial charge in [-0.25, -0.2) is 4.39 Å². The highest BCUT2D eigenvalue weighted by Crippen LogP contribution is 2.11. The van der Waals surface area contributed by atoms with Crippen LogP contribution in [0.4, 0.5) is 4.39 Å². The van der Waals surface area contributed by atoms with Crippen LogP contribution in [0.5, 0.6) is 5.75 Å². The number of carbonyl (C=O) groups excluding carboxylic acids is 1. The van der Waals surface area contributed by atoms with Crippen molar-refractivity contribution in [3.05, 3.63) is 30.1 Å². The lowest BCUT2D eigenvalue weighted by atomic mass is 10.3. The van der Waals surface area contributed by atoms with Crippen molar-refractivity contribution in [2.45, 2.75) is 6.10 Å². The summed E-state index contributed by atoms with van der Waals surface area (Å²) in [5.41, 5.74) is 0. The molecule has 1 N–H and O–H groups in total. The number of carbonyl (C=O) groups is 1. The molecule has 0 radical (unpaired) electrons. The van der Waals surface area contributed by atoms with Gasteiger partial charge in [-0.3, -0.25) is 9.69 Å². The third kappa shape index (κ3) is 7.92. The van der Waals surface area contributed by atoms with Gasteiger partial charge in [0.25, 0.3) is 0 Å². The molecule has 1 atom stereocenters. The minimum atomic E-state index is -0.771. The smallest absolute Gasteiger partial charge is 0.236 e. The average molecular weight is 328 g/mol. The summed E-state index contributed by atoms with van der Waals surface area (Å²) < 4.78 is 23.2. The maximum absolute atomic E-state index is 12.8. The number of nitrogens with zero attached hydrogens (tertiary/aromatic N) is 2. The lowest BCUT2D eigenvalue weighted by Gasteiger charge is -2.25. The minimum absolute atomic E-state index is 0.0484. The molecule has 0 aromatic heterocycles. The molecule has 0 aliphatic heterocycles. The number of ether oxygens (including phenoxy) is 2. The van der Waals surface area contributed by atoms with Crippen molar-refractivity contribution in [2.24, 2.45) is 0 Å². The van der Waals surface area contributed by atoms with E-state index in [1.807, 2.05) is 4.90 Å². The Morgan fingerprint density at radius 2 is 1.96 bits per heavy atom. The molecular weight excluding hydrogens is 303 g/mol. The maximum Gasteiger partial charge on any atom is 0.236 e. The van der Waals surface area contributed by atoms with Crippen molar-refractivity contribution in [1.29, 1.82) is 0 Å². The molecule has 0 heterocycles. The molecule has 23 heavy (non-hydrogen) atoms. The van der Waals surface area contributed by atoms with Crippen LogP contribution >= 0.6 is 0 Å². The summed E-state index contributed by atoms with van der Waals surface area (Å²) in [6.45, 7) is 1.54. The predicted octanol–water partition coefficient (Wildman–Crippen LogP) is 0.602. The molecule has 0 saturated carbocycles. The Labute approximate surface area is 136 Å². The van der Waals surface area contributed by atoms with E-state index in [1.165, 1.54) is 29.2 Å². The van der Waals surface area contributed by atoms with Crippen LogP contribution in [-0.2, 0) is 9.53 Å². The van der Waals surface area contributed by atoms with Gasteiger partial charge in [-0.15, -0.1) is 0 Å². The largest absolute Gasteiger partial charge is 0.491 e. The van der Waals surface area contributed by atoms with Crippen LogP contribution in [0.1, 0.15) is 0 Å². The Kier molecular flexibility index (Phi) is 8.53. The summed E-state index contributed by atoms with van der Waals surface area (Å²) >= 11 is 0. The zero-order valence-electron chi connectivity index (χ0n) is 13.9. The first-order valence-corrected chi connectivity index (χ1v) is 7.40. The van der Waals surface area contributed by atoms with E-state index in [9.17, 15) is 14.3 Å². The fourth-order valence-corrected chi connectivity index (χ4v) is 1.86. The van der Waals surface area contributed by atoms with E-state index in [4.69, 9.17) is 9.47 Å². The van der Waals surface area contributed by atoms with E-state index >= 15 is 0 Å². The summed E-state index contributed by atoms with van der Waals surface area (Å²) in [5, 5.41) is 10.1. The lowest BCUT2D eigenvalue weighted by molar-refractivity contribution is -0.130. The predicted molar refractivity (Wildman–Crippen MR) is 84.9 cm³/mol. The quantitative estimate of drug-likeness (QED) is 0.682. The number of methoxy groups -OCH3 is 1. The Morgan fingerprint density at radius 3 is 2.52 bits per heavy atom. The van der Waals surface area contributed by atoms with Crippen molar-refractivity contribution in [3.63, 3.8) is 0 Å². The third-order valence-corrected chi connectivity index (χ3v) is 3.19. The SMILES string of the molecule is COCCN(CC(=O)N(C)C)C[C@@H](O)COc1ccc(F)cc1. The molecule has 1 amide bonds. The van der Waals surface area contributed by atoms with Crippen molar-refractivity contribution < 1.29 is 23.8 Å². The summed E-state index contributed by atoms with van der Waals surface area (Å²) in [7, 11) is 4.95. The standard InChI is InChI=1S/C16H25FN2O4/c1-18(2)16(21)11-19(8-9-22-3)10-14(20)12-23-15-6-4-13(17)5-7-15/h4-7,14,20H,8-12H2,1-3H3/t14-/m1/s1. The topological polar surface area (TPSA) is 62.2 Å². The van der Waals surface area contributed by atoms with Crippen LogP contribution in [-0.4, -0.2) is 81.0 Å². The van der Waals surface area contributed by atoms with Gasteiger partial charge in [0, 0.05) is 34.3 Å². The molecule has 0 unspecified atom stereocenters. The van der Waals surface area contributed by atoms with Crippen LogP contribution in [0.15, 0.2) is 24.3 Å². The third-order valence-electron chi connectivity index (χ3n) is 3.19. The van der Waals surface area contributed by atoms with Gasteiger partial charge in [0.2, 0.25) is 5.91 Å². The molecule has 1 rings (SSSR count). The van der Waals surface area contributed by atoms with Gasteiger partial charge < -0.3 is 19.5 Å². The molecule has 1 aromatic carbocycles. The van der Waals surface area contributed by atoms with Gasteiger partial charge in [-0.1, -0.05) is 0 Å². The van der Waals surface area contributed by atoms with Gasteiger partial charge >= 0.3 is 0 Å². The minimum Gasteiger partial charge on any atom is -0.491 e. The summed E-state index contributed by atoms with van der Waals surface area (Å²) in [6, 6.07) is 5.59. The summed E-state index contributed by atoms with van der Waals surface area (Å²) in [6.07, 6.45) is -0.771. The highest BCUT2D eigenvalue weighted by atomic mass is 19.1. The Morgan fingerprint density at radius 1 is 1.30 bits per heavy atom. The number of amides is 1. The number of likely N-dealkylation sites (N-methyl/N-ethyl adjacent to an activating group) is 1. The van der Waals surface area contributed by atoms with E-state index in [2.05, 4.69) is 0 Å².